The SMILES string of the molecule is CCOC(=O)C(=[N+]=[N-])C(c1ccccc1)N(C(=O)C(F)(F)F)c1ccc(Cl)c(Cl)c1. The molecule has 0 heterocycles. The van der Waals surface area contributed by atoms with Gasteiger partial charge in [0.2, 0.25) is 0 Å². The molecule has 30 heavy (non-hydrogen) atoms. The number of amides is 1. The van der Waals surface area contributed by atoms with Crippen LogP contribution in [0.2, 0.25) is 10.0 Å². The zero-order valence-electron chi connectivity index (χ0n) is 15.4. The minimum atomic E-state index is -5.33. The number of ether oxygens (including phenoxy) is 1. The van der Waals surface area contributed by atoms with Crippen LogP contribution in [0, 0.1) is 0 Å². The lowest BCUT2D eigenvalue weighted by Gasteiger charge is -2.30. The third kappa shape index (κ3) is 5.18. The molecular formula is C19H14Cl2F3N3O3. The van der Waals surface area contributed by atoms with Crippen LogP contribution >= 0.6 is 23.2 Å². The molecule has 0 saturated heterocycles. The Hall–Kier alpha value is -2.87. The highest BCUT2D eigenvalue weighted by atomic mass is 35.5. The first-order valence-corrected chi connectivity index (χ1v) is 9.16. The Bertz CT molecular complexity index is 994. The van der Waals surface area contributed by atoms with E-state index in [1.165, 1.54) is 37.3 Å². The van der Waals surface area contributed by atoms with E-state index in [0.717, 1.165) is 12.1 Å². The van der Waals surface area contributed by atoms with E-state index in [4.69, 9.17) is 27.9 Å². The molecular weight excluding hydrogens is 446 g/mol. The van der Waals surface area contributed by atoms with Gasteiger partial charge in [-0.2, -0.15) is 18.0 Å². The summed E-state index contributed by atoms with van der Waals surface area (Å²) < 4.78 is 45.3. The second kappa shape index (κ2) is 9.75. The second-order valence-corrected chi connectivity index (χ2v) is 6.60. The monoisotopic (exact) mass is 459 g/mol. The topological polar surface area (TPSA) is 83.0 Å². The van der Waals surface area contributed by atoms with Crippen LogP contribution in [0.4, 0.5) is 18.9 Å². The van der Waals surface area contributed by atoms with Gasteiger partial charge in [-0.3, -0.25) is 9.69 Å². The molecule has 1 unspecified atom stereocenters. The third-order valence-corrected chi connectivity index (χ3v) is 4.61. The number of benzene rings is 2. The Labute approximate surface area is 179 Å². The maximum atomic E-state index is 13.5. The quantitative estimate of drug-likeness (QED) is 0.267. The van der Waals surface area contributed by atoms with Crippen molar-refractivity contribution in [3.8, 4) is 0 Å². The molecule has 0 spiro atoms. The van der Waals surface area contributed by atoms with E-state index in [1.54, 1.807) is 6.07 Å². The Morgan fingerprint density at radius 2 is 1.77 bits per heavy atom. The first kappa shape index (κ1) is 23.4. The number of esters is 1. The van der Waals surface area contributed by atoms with Crippen molar-refractivity contribution in [3.05, 3.63) is 69.7 Å². The van der Waals surface area contributed by atoms with Crippen molar-refractivity contribution in [2.75, 3.05) is 11.5 Å². The van der Waals surface area contributed by atoms with E-state index in [9.17, 15) is 28.3 Å². The van der Waals surface area contributed by atoms with E-state index < -0.39 is 29.8 Å². The predicted octanol–water partition coefficient (Wildman–Crippen LogP) is 4.86. The van der Waals surface area contributed by atoms with Crippen molar-refractivity contribution in [2.24, 2.45) is 0 Å². The highest BCUT2D eigenvalue weighted by Crippen LogP contribution is 2.36. The number of carbonyl (C=O) groups excluding carboxylic acids is 2. The fraction of sp³-hybridized carbons (Fsp3) is 0.211. The normalized spacial score (nSPS) is 11.9. The van der Waals surface area contributed by atoms with E-state index in [2.05, 4.69) is 4.79 Å². The van der Waals surface area contributed by atoms with Gasteiger partial charge in [-0.15, -0.1) is 0 Å². The summed E-state index contributed by atoms with van der Waals surface area (Å²) in [5, 5.41) is -0.0860. The number of hydrogen-bond donors (Lipinski definition) is 0. The second-order valence-electron chi connectivity index (χ2n) is 5.79. The number of alkyl halides is 3. The van der Waals surface area contributed by atoms with Crippen LogP contribution in [0.25, 0.3) is 5.53 Å². The fourth-order valence-corrected chi connectivity index (χ4v) is 2.92. The lowest BCUT2D eigenvalue weighted by atomic mass is 9.99. The lowest BCUT2D eigenvalue weighted by Crippen LogP contribution is -2.48. The summed E-state index contributed by atoms with van der Waals surface area (Å²) in [6.45, 7) is 1.32. The Morgan fingerprint density at radius 3 is 2.27 bits per heavy atom. The molecule has 2 aromatic rings. The molecule has 0 N–H and O–H groups in total. The van der Waals surface area contributed by atoms with Gasteiger partial charge in [-0.1, -0.05) is 53.5 Å². The molecule has 2 rings (SSSR count). The van der Waals surface area contributed by atoms with Crippen molar-refractivity contribution < 1.29 is 32.3 Å². The molecule has 0 aliphatic rings. The summed E-state index contributed by atoms with van der Waals surface area (Å²) in [7, 11) is 0. The van der Waals surface area contributed by atoms with Gasteiger partial charge in [0.1, 0.15) is 0 Å². The summed E-state index contributed by atoms with van der Waals surface area (Å²) >= 11 is 11.8. The first-order chi connectivity index (χ1) is 14.1. The molecule has 0 aromatic heterocycles. The number of hydrogen-bond acceptors (Lipinski definition) is 3. The maximum absolute atomic E-state index is 13.5. The average Bonchev–Trinajstić information content (AvgIpc) is 2.70. The molecule has 0 bridgehead atoms. The summed E-state index contributed by atoms with van der Waals surface area (Å²) in [6.07, 6.45) is -5.33. The minimum absolute atomic E-state index is 0.0394. The number of carbonyl (C=O) groups is 2. The molecule has 0 saturated carbocycles. The van der Waals surface area contributed by atoms with Crippen molar-refractivity contribution in [2.45, 2.75) is 19.1 Å². The van der Waals surface area contributed by atoms with Gasteiger partial charge in [0.05, 0.1) is 16.7 Å². The fourth-order valence-electron chi connectivity index (χ4n) is 2.63. The van der Waals surface area contributed by atoms with E-state index in [0.29, 0.717) is 0 Å². The van der Waals surface area contributed by atoms with Crippen molar-refractivity contribution in [1.29, 1.82) is 0 Å². The smallest absolute Gasteiger partial charge is 0.457 e. The number of rotatable bonds is 6. The van der Waals surface area contributed by atoms with Gasteiger partial charge in [-0.25, -0.2) is 4.79 Å². The standard InChI is InChI=1S/C19H14Cl2F3N3O3/c1-2-30-17(28)15(26-25)16(11-6-4-3-5-7-11)27(18(29)19(22,23)24)12-8-9-13(20)14(21)10-12/h3-10,16H,2H2,1H3. The predicted molar refractivity (Wildman–Crippen MR) is 104 cm³/mol. The first-order valence-electron chi connectivity index (χ1n) is 8.41. The van der Waals surface area contributed by atoms with Gasteiger partial charge in [0, 0.05) is 5.69 Å². The van der Waals surface area contributed by atoms with Gasteiger partial charge < -0.3 is 10.3 Å². The van der Waals surface area contributed by atoms with Crippen LogP contribution in [-0.2, 0) is 14.3 Å². The van der Waals surface area contributed by atoms with Crippen LogP contribution in [0.15, 0.2) is 48.5 Å². The maximum Gasteiger partial charge on any atom is 0.471 e. The summed E-state index contributed by atoms with van der Waals surface area (Å²) in [6, 6.07) is 8.83. The van der Waals surface area contributed by atoms with Gasteiger partial charge >= 0.3 is 23.8 Å². The highest BCUT2D eigenvalue weighted by molar-refractivity contribution is 6.42. The lowest BCUT2D eigenvalue weighted by molar-refractivity contribution is -0.171. The average molecular weight is 460 g/mol. The Morgan fingerprint density at radius 1 is 1.13 bits per heavy atom. The molecule has 158 valence electrons. The summed E-state index contributed by atoms with van der Waals surface area (Å²) in [5.74, 6) is -3.52. The van der Waals surface area contributed by atoms with Crippen LogP contribution in [0.5, 0.6) is 0 Å². The number of anilines is 1. The molecule has 1 amide bonds. The molecule has 0 aliphatic heterocycles. The Kier molecular flexibility index (Phi) is 7.61. The molecule has 0 fully saturated rings. The molecule has 0 radical (unpaired) electrons. The van der Waals surface area contributed by atoms with Crippen LogP contribution < -0.4 is 4.90 Å². The third-order valence-electron chi connectivity index (χ3n) is 3.87. The number of halogens is 5. The molecule has 2 aromatic carbocycles. The highest BCUT2D eigenvalue weighted by Gasteiger charge is 2.50. The van der Waals surface area contributed by atoms with Crippen molar-refractivity contribution in [1.82, 2.24) is 0 Å². The zero-order valence-corrected chi connectivity index (χ0v) is 16.9. The summed E-state index contributed by atoms with van der Waals surface area (Å²) in [5.41, 5.74) is 8.36. The van der Waals surface area contributed by atoms with Crippen molar-refractivity contribution >= 4 is 46.5 Å². The summed E-state index contributed by atoms with van der Waals surface area (Å²) in [4.78, 5) is 27.9. The Balaban J connectivity index is 2.80. The van der Waals surface area contributed by atoms with Crippen LogP contribution in [0.1, 0.15) is 18.5 Å². The molecule has 6 nitrogen and oxygen atoms in total. The van der Waals surface area contributed by atoms with Gasteiger partial charge in [0.25, 0.3) is 0 Å². The van der Waals surface area contributed by atoms with Gasteiger partial charge in [0.15, 0.2) is 6.04 Å². The largest absolute Gasteiger partial charge is 0.471 e. The van der Waals surface area contributed by atoms with E-state index in [-0.39, 0.29) is 32.8 Å². The minimum Gasteiger partial charge on any atom is -0.457 e. The van der Waals surface area contributed by atoms with Crippen LogP contribution in [0.3, 0.4) is 0 Å². The molecule has 11 heteroatoms. The molecule has 1 atom stereocenters. The number of nitrogens with zero attached hydrogens (tertiary/aromatic N) is 3. The van der Waals surface area contributed by atoms with Crippen LogP contribution in [-0.4, -0.2) is 35.2 Å². The van der Waals surface area contributed by atoms with E-state index >= 15 is 0 Å². The van der Waals surface area contributed by atoms with Crippen molar-refractivity contribution in [3.63, 3.8) is 0 Å². The zero-order chi connectivity index (χ0) is 22.5. The molecule has 0 aliphatic carbocycles. The van der Waals surface area contributed by atoms with Gasteiger partial charge in [-0.05, 0) is 30.7 Å². The van der Waals surface area contributed by atoms with E-state index in [1.807, 2.05) is 0 Å².